The standard InChI is InChI=1S/C15H15ClF3N3O/c1-2-23-8-5-14(22-7-6-20-10-22)21-13-4-3-11(16)9-12(13)15(17,18)19/h3-4,6-7,9-10H,2,5,8H2,1H3. The molecule has 0 N–H and O–H groups in total. The Bertz CT molecular complexity index is 669. The van der Waals surface area contributed by atoms with E-state index < -0.39 is 11.7 Å². The fraction of sp³-hybridized carbons (Fsp3) is 0.333. The van der Waals surface area contributed by atoms with Crippen molar-refractivity contribution in [3.05, 3.63) is 47.5 Å². The number of nitrogens with zero attached hydrogens (tertiary/aromatic N) is 3. The summed E-state index contributed by atoms with van der Waals surface area (Å²) in [5.74, 6) is 0.406. The van der Waals surface area contributed by atoms with Gasteiger partial charge in [-0.1, -0.05) is 11.6 Å². The Morgan fingerprint density at radius 1 is 1.39 bits per heavy atom. The molecule has 4 nitrogen and oxygen atoms in total. The number of hydrogen-bond donors (Lipinski definition) is 0. The van der Waals surface area contributed by atoms with Gasteiger partial charge in [-0.15, -0.1) is 0 Å². The third kappa shape index (κ3) is 4.80. The van der Waals surface area contributed by atoms with Crippen LogP contribution < -0.4 is 0 Å². The van der Waals surface area contributed by atoms with Crippen LogP contribution in [0.3, 0.4) is 0 Å². The topological polar surface area (TPSA) is 39.4 Å². The van der Waals surface area contributed by atoms with E-state index in [9.17, 15) is 13.2 Å². The SMILES string of the molecule is CCOCCC(=Nc1ccc(Cl)cc1C(F)(F)F)n1ccnc1. The van der Waals surface area contributed by atoms with E-state index in [0.717, 1.165) is 6.07 Å². The molecule has 1 aromatic carbocycles. The van der Waals surface area contributed by atoms with Gasteiger partial charge in [-0.2, -0.15) is 13.2 Å². The first-order valence-electron chi connectivity index (χ1n) is 6.92. The van der Waals surface area contributed by atoms with Crippen LogP contribution in [0.2, 0.25) is 5.02 Å². The van der Waals surface area contributed by atoms with Gasteiger partial charge in [0.2, 0.25) is 0 Å². The molecule has 0 aliphatic carbocycles. The Morgan fingerprint density at radius 3 is 2.78 bits per heavy atom. The molecule has 0 aliphatic rings. The molecule has 1 aromatic heterocycles. The van der Waals surface area contributed by atoms with Crippen LogP contribution in [0.4, 0.5) is 18.9 Å². The second-order valence-electron chi connectivity index (χ2n) is 4.60. The minimum atomic E-state index is -4.54. The van der Waals surface area contributed by atoms with Crippen LogP contribution in [-0.2, 0) is 10.9 Å². The second-order valence-corrected chi connectivity index (χ2v) is 5.04. The minimum Gasteiger partial charge on any atom is -0.381 e. The number of rotatable bonds is 5. The van der Waals surface area contributed by atoms with E-state index in [4.69, 9.17) is 16.3 Å². The summed E-state index contributed by atoms with van der Waals surface area (Å²) in [6.07, 6.45) is 0.443. The lowest BCUT2D eigenvalue weighted by Crippen LogP contribution is -2.14. The zero-order valence-corrected chi connectivity index (χ0v) is 13.1. The van der Waals surface area contributed by atoms with Crippen molar-refractivity contribution in [3.63, 3.8) is 0 Å². The predicted molar refractivity (Wildman–Crippen MR) is 82.3 cm³/mol. The molecular formula is C15H15ClF3N3O. The highest BCUT2D eigenvalue weighted by Crippen LogP contribution is 2.38. The first-order chi connectivity index (χ1) is 10.9. The van der Waals surface area contributed by atoms with E-state index in [0.29, 0.717) is 25.5 Å². The van der Waals surface area contributed by atoms with E-state index in [-0.39, 0.29) is 10.7 Å². The minimum absolute atomic E-state index is 0.00905. The zero-order valence-electron chi connectivity index (χ0n) is 12.3. The summed E-state index contributed by atoms with van der Waals surface area (Å²) < 4.78 is 46.3. The lowest BCUT2D eigenvalue weighted by atomic mass is 10.1. The van der Waals surface area contributed by atoms with Gasteiger partial charge < -0.3 is 4.74 Å². The van der Waals surface area contributed by atoms with Gasteiger partial charge in [-0.25, -0.2) is 9.98 Å². The quantitative estimate of drug-likeness (QED) is 0.452. The molecule has 0 fully saturated rings. The molecule has 124 valence electrons. The maximum absolute atomic E-state index is 13.2. The van der Waals surface area contributed by atoms with Crippen LogP contribution in [0.15, 0.2) is 41.9 Å². The maximum Gasteiger partial charge on any atom is 0.418 e. The number of aromatic nitrogens is 2. The molecule has 8 heteroatoms. The van der Waals surface area contributed by atoms with Gasteiger partial charge >= 0.3 is 6.18 Å². The van der Waals surface area contributed by atoms with Crippen LogP contribution in [0, 0.1) is 0 Å². The molecule has 0 spiro atoms. The molecule has 0 atom stereocenters. The lowest BCUT2D eigenvalue weighted by Gasteiger charge is -2.13. The van der Waals surface area contributed by atoms with E-state index in [1.54, 1.807) is 10.8 Å². The van der Waals surface area contributed by atoms with Crippen molar-refractivity contribution in [1.29, 1.82) is 0 Å². The Labute approximate surface area is 136 Å². The first kappa shape index (κ1) is 17.5. The Hall–Kier alpha value is -1.86. The average Bonchev–Trinajstić information content (AvgIpc) is 3.01. The third-order valence-corrected chi connectivity index (χ3v) is 3.23. The molecule has 0 unspecified atom stereocenters. The number of alkyl halides is 3. The lowest BCUT2D eigenvalue weighted by molar-refractivity contribution is -0.137. The maximum atomic E-state index is 13.2. The van der Waals surface area contributed by atoms with Gasteiger partial charge in [0.05, 0.1) is 17.9 Å². The summed E-state index contributed by atoms with van der Waals surface area (Å²) in [6, 6.07) is 3.50. The van der Waals surface area contributed by atoms with Crippen molar-refractivity contribution in [2.45, 2.75) is 19.5 Å². The smallest absolute Gasteiger partial charge is 0.381 e. The molecule has 0 saturated heterocycles. The van der Waals surface area contributed by atoms with E-state index in [2.05, 4.69) is 9.98 Å². The van der Waals surface area contributed by atoms with Crippen LogP contribution in [-0.4, -0.2) is 28.6 Å². The number of benzene rings is 1. The van der Waals surface area contributed by atoms with Crippen molar-refractivity contribution < 1.29 is 17.9 Å². The number of halogens is 4. The second kappa shape index (κ2) is 7.61. The molecule has 2 rings (SSSR count). The van der Waals surface area contributed by atoms with Crippen molar-refractivity contribution in [3.8, 4) is 0 Å². The van der Waals surface area contributed by atoms with Crippen LogP contribution in [0.5, 0.6) is 0 Å². The Kier molecular flexibility index (Phi) is 5.79. The van der Waals surface area contributed by atoms with Gasteiger partial charge in [0, 0.05) is 30.4 Å². The molecular weight excluding hydrogens is 331 g/mol. The summed E-state index contributed by atoms with van der Waals surface area (Å²) >= 11 is 5.68. The van der Waals surface area contributed by atoms with E-state index in [1.165, 1.54) is 24.7 Å². The van der Waals surface area contributed by atoms with Crippen LogP contribution in [0.25, 0.3) is 0 Å². The molecule has 0 radical (unpaired) electrons. The van der Waals surface area contributed by atoms with Crippen LogP contribution >= 0.6 is 11.6 Å². The normalized spacial score (nSPS) is 12.7. The molecule has 0 aliphatic heterocycles. The molecule has 2 aromatic rings. The number of ether oxygens (including phenoxy) is 1. The first-order valence-corrected chi connectivity index (χ1v) is 7.30. The molecule has 0 saturated carbocycles. The van der Waals surface area contributed by atoms with Crippen LogP contribution in [0.1, 0.15) is 18.9 Å². The highest BCUT2D eigenvalue weighted by Gasteiger charge is 2.34. The highest BCUT2D eigenvalue weighted by molar-refractivity contribution is 6.30. The van der Waals surface area contributed by atoms with Crippen molar-refractivity contribution in [2.75, 3.05) is 13.2 Å². The van der Waals surface area contributed by atoms with Crippen molar-refractivity contribution >= 4 is 23.1 Å². The summed E-state index contributed by atoms with van der Waals surface area (Å²) in [6.45, 7) is 2.71. The third-order valence-electron chi connectivity index (χ3n) is 2.99. The van der Waals surface area contributed by atoms with Gasteiger partial charge in [0.15, 0.2) is 0 Å². The largest absolute Gasteiger partial charge is 0.418 e. The Balaban J connectivity index is 2.42. The van der Waals surface area contributed by atoms with E-state index >= 15 is 0 Å². The Morgan fingerprint density at radius 2 is 2.17 bits per heavy atom. The summed E-state index contributed by atoms with van der Waals surface area (Å²) in [7, 11) is 0. The zero-order chi connectivity index (χ0) is 16.9. The van der Waals surface area contributed by atoms with Gasteiger partial charge in [0.25, 0.3) is 0 Å². The van der Waals surface area contributed by atoms with Gasteiger partial charge in [0.1, 0.15) is 12.2 Å². The average molecular weight is 346 g/mol. The molecule has 0 bridgehead atoms. The summed E-state index contributed by atoms with van der Waals surface area (Å²) in [5, 5.41) is 0.00905. The molecule has 23 heavy (non-hydrogen) atoms. The fourth-order valence-corrected chi connectivity index (χ4v) is 2.11. The number of aliphatic imine (C=N–C) groups is 1. The van der Waals surface area contributed by atoms with Gasteiger partial charge in [-0.05, 0) is 25.1 Å². The van der Waals surface area contributed by atoms with Crippen molar-refractivity contribution in [1.82, 2.24) is 9.55 Å². The monoisotopic (exact) mass is 345 g/mol. The highest BCUT2D eigenvalue weighted by atomic mass is 35.5. The summed E-state index contributed by atoms with van der Waals surface area (Å²) in [5.41, 5.74) is -1.07. The predicted octanol–water partition coefficient (Wildman–Crippen LogP) is 4.56. The number of imidazole rings is 1. The number of hydrogen-bond acceptors (Lipinski definition) is 3. The summed E-state index contributed by atoms with van der Waals surface area (Å²) in [4.78, 5) is 8.06. The molecule has 0 amide bonds. The molecule has 1 heterocycles. The van der Waals surface area contributed by atoms with E-state index in [1.807, 2.05) is 6.92 Å². The van der Waals surface area contributed by atoms with Gasteiger partial charge in [-0.3, -0.25) is 4.57 Å². The van der Waals surface area contributed by atoms with Crippen molar-refractivity contribution in [2.24, 2.45) is 4.99 Å². The fourth-order valence-electron chi connectivity index (χ4n) is 1.93.